The Kier molecular flexibility index (Phi) is 3.71. The fraction of sp³-hybridized carbons (Fsp3) is 0.154. The molecule has 0 atom stereocenters. The Morgan fingerprint density at radius 3 is 2.63 bits per heavy atom. The van der Waals surface area contributed by atoms with E-state index < -0.39 is 10.0 Å². The maximum absolute atomic E-state index is 12.2. The number of hydrogen-bond acceptors (Lipinski definition) is 4. The van der Waals surface area contributed by atoms with Crippen LogP contribution in [0.1, 0.15) is 5.56 Å². The fourth-order valence-electron chi connectivity index (χ4n) is 1.64. The Balaban J connectivity index is 2.32. The predicted octanol–water partition coefficient (Wildman–Crippen LogP) is 2.23. The van der Waals surface area contributed by atoms with Gasteiger partial charge < -0.3 is 5.32 Å². The number of anilines is 2. The van der Waals surface area contributed by atoms with Gasteiger partial charge in [-0.25, -0.2) is 13.4 Å². The van der Waals surface area contributed by atoms with Gasteiger partial charge in [0.1, 0.15) is 5.82 Å². The molecule has 2 rings (SSSR count). The van der Waals surface area contributed by atoms with Gasteiger partial charge in [0.2, 0.25) is 0 Å². The van der Waals surface area contributed by atoms with Gasteiger partial charge in [0.15, 0.2) is 0 Å². The molecule has 6 heteroatoms. The van der Waals surface area contributed by atoms with Crippen LogP contribution in [-0.2, 0) is 10.0 Å². The Hall–Kier alpha value is -2.08. The Bertz CT molecular complexity index is 684. The number of aromatic nitrogens is 1. The van der Waals surface area contributed by atoms with Crippen molar-refractivity contribution in [2.45, 2.75) is 11.8 Å². The standard InChI is InChI=1S/C13H15N3O2S/c1-10-4-3-5-11(8-10)16-19(17,18)12-6-7-15-13(9-12)14-2/h3-9,16H,1-2H3,(H,14,15). The highest BCUT2D eigenvalue weighted by molar-refractivity contribution is 7.92. The Labute approximate surface area is 112 Å². The number of sulfonamides is 1. The highest BCUT2D eigenvalue weighted by Crippen LogP contribution is 2.18. The summed E-state index contributed by atoms with van der Waals surface area (Å²) >= 11 is 0. The lowest BCUT2D eigenvalue weighted by Gasteiger charge is -2.09. The summed E-state index contributed by atoms with van der Waals surface area (Å²) in [6, 6.07) is 10.1. The summed E-state index contributed by atoms with van der Waals surface area (Å²) in [4.78, 5) is 4.16. The third-order valence-corrected chi connectivity index (χ3v) is 3.95. The van der Waals surface area contributed by atoms with E-state index in [2.05, 4.69) is 15.0 Å². The molecule has 0 aliphatic carbocycles. The highest BCUT2D eigenvalue weighted by atomic mass is 32.2. The van der Waals surface area contributed by atoms with Crippen LogP contribution in [0.15, 0.2) is 47.5 Å². The van der Waals surface area contributed by atoms with Gasteiger partial charge in [0.05, 0.1) is 4.90 Å². The van der Waals surface area contributed by atoms with E-state index >= 15 is 0 Å². The maximum Gasteiger partial charge on any atom is 0.262 e. The van der Waals surface area contributed by atoms with Crippen LogP contribution in [0.25, 0.3) is 0 Å². The molecular weight excluding hydrogens is 262 g/mol. The number of nitrogens with one attached hydrogen (secondary N) is 2. The van der Waals surface area contributed by atoms with Crippen molar-refractivity contribution in [1.82, 2.24) is 4.98 Å². The molecule has 1 aromatic heterocycles. The number of nitrogens with zero attached hydrogens (tertiary/aromatic N) is 1. The molecule has 0 saturated heterocycles. The summed E-state index contributed by atoms with van der Waals surface area (Å²) in [5, 5.41) is 2.81. The molecule has 0 aliphatic heterocycles. The summed E-state index contributed by atoms with van der Waals surface area (Å²) in [6.07, 6.45) is 1.45. The zero-order valence-corrected chi connectivity index (χ0v) is 11.5. The van der Waals surface area contributed by atoms with Gasteiger partial charge in [-0.1, -0.05) is 12.1 Å². The monoisotopic (exact) mass is 277 g/mol. The summed E-state index contributed by atoms with van der Waals surface area (Å²) in [5.41, 5.74) is 1.54. The van der Waals surface area contributed by atoms with Crippen LogP contribution in [0.4, 0.5) is 11.5 Å². The van der Waals surface area contributed by atoms with Gasteiger partial charge in [-0.3, -0.25) is 4.72 Å². The lowest BCUT2D eigenvalue weighted by atomic mass is 10.2. The van der Waals surface area contributed by atoms with Crippen LogP contribution in [-0.4, -0.2) is 20.4 Å². The number of pyridine rings is 1. The SMILES string of the molecule is CNc1cc(S(=O)(=O)Nc2cccc(C)c2)ccn1. The first-order valence-corrected chi connectivity index (χ1v) is 7.23. The fourth-order valence-corrected chi connectivity index (χ4v) is 2.70. The quantitative estimate of drug-likeness (QED) is 0.899. The second-order valence-corrected chi connectivity index (χ2v) is 5.78. The van der Waals surface area contributed by atoms with E-state index in [1.165, 1.54) is 18.3 Å². The largest absolute Gasteiger partial charge is 0.373 e. The first-order valence-electron chi connectivity index (χ1n) is 5.74. The third-order valence-electron chi connectivity index (χ3n) is 2.57. The van der Waals surface area contributed by atoms with Crippen molar-refractivity contribution in [2.24, 2.45) is 0 Å². The van der Waals surface area contributed by atoms with Crippen LogP contribution in [0.2, 0.25) is 0 Å². The lowest BCUT2D eigenvalue weighted by molar-refractivity contribution is 0.601. The van der Waals surface area contributed by atoms with Crippen LogP contribution in [0.3, 0.4) is 0 Å². The van der Waals surface area contributed by atoms with Crippen molar-refractivity contribution in [3.8, 4) is 0 Å². The zero-order valence-electron chi connectivity index (χ0n) is 10.7. The van der Waals surface area contributed by atoms with E-state index in [4.69, 9.17) is 0 Å². The molecule has 0 aliphatic rings. The van der Waals surface area contributed by atoms with Crippen molar-refractivity contribution >= 4 is 21.5 Å². The van der Waals surface area contributed by atoms with Crippen LogP contribution >= 0.6 is 0 Å². The summed E-state index contributed by atoms with van der Waals surface area (Å²) in [5.74, 6) is 0.507. The Morgan fingerprint density at radius 1 is 1.16 bits per heavy atom. The van der Waals surface area contributed by atoms with E-state index in [1.54, 1.807) is 25.2 Å². The molecule has 1 heterocycles. The third kappa shape index (κ3) is 3.23. The second-order valence-electron chi connectivity index (χ2n) is 4.10. The number of rotatable bonds is 4. The van der Waals surface area contributed by atoms with E-state index in [9.17, 15) is 8.42 Å². The van der Waals surface area contributed by atoms with Crippen molar-refractivity contribution in [2.75, 3.05) is 17.1 Å². The summed E-state index contributed by atoms with van der Waals surface area (Å²) in [7, 11) is -1.91. The van der Waals surface area contributed by atoms with Crippen LogP contribution in [0, 0.1) is 6.92 Å². The minimum atomic E-state index is -3.59. The molecule has 0 spiro atoms. The average Bonchev–Trinajstić information content (AvgIpc) is 2.38. The van der Waals surface area contributed by atoms with Gasteiger partial charge in [-0.15, -0.1) is 0 Å². The molecule has 1 aromatic carbocycles. The smallest absolute Gasteiger partial charge is 0.262 e. The van der Waals surface area contributed by atoms with Gasteiger partial charge in [-0.2, -0.15) is 0 Å². The molecule has 0 fully saturated rings. The minimum absolute atomic E-state index is 0.174. The zero-order chi connectivity index (χ0) is 13.9. The van der Waals surface area contributed by atoms with Crippen molar-refractivity contribution < 1.29 is 8.42 Å². The van der Waals surface area contributed by atoms with E-state index in [1.807, 2.05) is 13.0 Å². The van der Waals surface area contributed by atoms with Crippen LogP contribution < -0.4 is 10.0 Å². The summed E-state index contributed by atoms with van der Waals surface area (Å²) in [6.45, 7) is 1.91. The molecule has 0 unspecified atom stereocenters. The van der Waals surface area contributed by atoms with Crippen molar-refractivity contribution in [3.05, 3.63) is 48.2 Å². The second kappa shape index (κ2) is 5.27. The topological polar surface area (TPSA) is 71.1 Å². The molecule has 0 amide bonds. The molecule has 2 aromatic rings. The highest BCUT2D eigenvalue weighted by Gasteiger charge is 2.14. The van der Waals surface area contributed by atoms with Gasteiger partial charge >= 0.3 is 0 Å². The van der Waals surface area contributed by atoms with Gasteiger partial charge in [0, 0.05) is 25.0 Å². The first kappa shape index (κ1) is 13.4. The lowest BCUT2D eigenvalue weighted by Crippen LogP contribution is -2.13. The predicted molar refractivity (Wildman–Crippen MR) is 75.8 cm³/mol. The normalized spacial score (nSPS) is 11.1. The molecule has 2 N–H and O–H groups in total. The average molecular weight is 277 g/mol. The van der Waals surface area contributed by atoms with Crippen molar-refractivity contribution in [1.29, 1.82) is 0 Å². The van der Waals surface area contributed by atoms with E-state index in [-0.39, 0.29) is 4.90 Å². The first-order chi connectivity index (χ1) is 9.01. The summed E-state index contributed by atoms with van der Waals surface area (Å²) < 4.78 is 27.0. The minimum Gasteiger partial charge on any atom is -0.373 e. The van der Waals surface area contributed by atoms with E-state index in [0.717, 1.165) is 5.56 Å². The maximum atomic E-state index is 12.2. The molecule has 19 heavy (non-hydrogen) atoms. The molecule has 0 saturated carbocycles. The van der Waals surface area contributed by atoms with Gasteiger partial charge in [0.25, 0.3) is 10.0 Å². The van der Waals surface area contributed by atoms with Gasteiger partial charge in [-0.05, 0) is 30.7 Å². The van der Waals surface area contributed by atoms with Crippen LogP contribution in [0.5, 0.6) is 0 Å². The molecule has 5 nitrogen and oxygen atoms in total. The van der Waals surface area contributed by atoms with E-state index in [0.29, 0.717) is 11.5 Å². The molecule has 0 radical (unpaired) electrons. The van der Waals surface area contributed by atoms with Crippen molar-refractivity contribution in [3.63, 3.8) is 0 Å². The number of aryl methyl sites for hydroxylation is 1. The Morgan fingerprint density at radius 2 is 1.95 bits per heavy atom. The molecular formula is C13H15N3O2S. The molecule has 0 bridgehead atoms. The number of hydrogen-bond donors (Lipinski definition) is 2. The number of benzene rings is 1. The molecule has 100 valence electrons.